The molecule has 24 heavy (non-hydrogen) atoms. The molecule has 0 unspecified atom stereocenters. The highest BCUT2D eigenvalue weighted by atomic mass is 32.3. The summed E-state index contributed by atoms with van der Waals surface area (Å²) in [4.78, 5) is 1.22. The Morgan fingerprint density at radius 3 is 2.12 bits per heavy atom. The van der Waals surface area contributed by atoms with Crippen LogP contribution in [0, 0.1) is 0 Å². The van der Waals surface area contributed by atoms with Crippen LogP contribution in [0.15, 0.2) is 30.3 Å². The maximum atomic E-state index is 12.6. The second-order valence-corrected chi connectivity index (χ2v) is 11.4. The zero-order chi connectivity index (χ0) is 17.2. The molecular weight excluding hydrogens is 350 g/mol. The van der Waals surface area contributed by atoms with Crippen molar-refractivity contribution in [3.05, 3.63) is 35.9 Å². The molecule has 2 aliphatic rings. The summed E-state index contributed by atoms with van der Waals surface area (Å²) in [5.41, 5.74) is 0.780. The molecule has 2 heterocycles. The molecule has 0 atom stereocenters. The van der Waals surface area contributed by atoms with E-state index in [9.17, 15) is 16.8 Å². The van der Waals surface area contributed by atoms with Crippen LogP contribution in [0.5, 0.6) is 0 Å². The molecule has 0 spiro atoms. The summed E-state index contributed by atoms with van der Waals surface area (Å²) < 4.78 is 54.6. The van der Waals surface area contributed by atoms with E-state index in [4.69, 9.17) is 4.74 Å². The number of sulfone groups is 2. The lowest BCUT2D eigenvalue weighted by molar-refractivity contribution is -0.908. The van der Waals surface area contributed by atoms with Crippen LogP contribution in [0.1, 0.15) is 17.9 Å². The smallest absolute Gasteiger partial charge is 0.168 e. The van der Waals surface area contributed by atoms with E-state index in [1.807, 2.05) is 18.2 Å². The first-order valence-corrected chi connectivity index (χ1v) is 11.7. The van der Waals surface area contributed by atoms with Crippen LogP contribution in [-0.4, -0.2) is 65.8 Å². The van der Waals surface area contributed by atoms with Crippen LogP contribution in [0.4, 0.5) is 0 Å². The molecule has 1 N–H and O–H groups in total. The molecule has 3 rings (SSSR count). The molecule has 2 aliphatic heterocycles. The molecule has 2 saturated heterocycles. The molecule has 0 aromatic heterocycles. The van der Waals surface area contributed by atoms with Gasteiger partial charge in [-0.1, -0.05) is 30.3 Å². The van der Waals surface area contributed by atoms with Crippen molar-refractivity contribution in [2.45, 2.75) is 16.9 Å². The van der Waals surface area contributed by atoms with Gasteiger partial charge in [0.2, 0.25) is 0 Å². The van der Waals surface area contributed by atoms with Crippen molar-refractivity contribution in [1.29, 1.82) is 0 Å². The summed E-state index contributed by atoms with van der Waals surface area (Å²) in [7, 11) is -7.32. The first kappa shape index (κ1) is 17.8. The molecule has 8 heteroatoms. The standard InChI is InChI=1S/C16H23NO5S2/c18-23(19)12-15(14-4-2-1-3-5-14)13-24(20,21)16(23)6-7-17-8-10-22-11-9-17/h1-5,15-16H,6-13H2/p+1. The fourth-order valence-corrected chi connectivity index (χ4v) is 9.09. The van der Waals surface area contributed by atoms with Gasteiger partial charge in [0, 0.05) is 12.3 Å². The SMILES string of the molecule is O=S1(=O)CC(c2ccccc2)CS(=O)(=O)C1CC[NH+]1CCOCC1. The Hall–Kier alpha value is -0.960. The molecule has 0 radical (unpaired) electrons. The Balaban J connectivity index is 1.74. The van der Waals surface area contributed by atoms with Gasteiger partial charge in [-0.15, -0.1) is 0 Å². The number of morpholine rings is 1. The number of hydrogen-bond donors (Lipinski definition) is 1. The molecule has 2 fully saturated rings. The molecule has 0 saturated carbocycles. The van der Waals surface area contributed by atoms with Gasteiger partial charge in [-0.05, 0) is 5.56 Å². The summed E-state index contributed by atoms with van der Waals surface area (Å²) in [6.45, 7) is 3.46. The van der Waals surface area contributed by atoms with E-state index in [0.29, 0.717) is 19.8 Å². The lowest BCUT2D eigenvalue weighted by Gasteiger charge is -2.30. The molecule has 134 valence electrons. The predicted octanol–water partition coefficient (Wildman–Crippen LogP) is -0.755. The second-order valence-electron chi connectivity index (χ2n) is 6.60. The number of nitrogens with one attached hydrogen (secondary N) is 1. The van der Waals surface area contributed by atoms with Gasteiger partial charge in [0.05, 0.1) is 31.3 Å². The van der Waals surface area contributed by atoms with Gasteiger partial charge in [-0.25, -0.2) is 16.8 Å². The average Bonchev–Trinajstić information content (AvgIpc) is 2.54. The Morgan fingerprint density at radius 1 is 0.958 bits per heavy atom. The van der Waals surface area contributed by atoms with Gasteiger partial charge in [0.15, 0.2) is 24.3 Å². The summed E-state index contributed by atoms with van der Waals surface area (Å²) in [5, 5.41) is 0. The Labute approximate surface area is 143 Å². The van der Waals surface area contributed by atoms with Crippen molar-refractivity contribution in [2.75, 3.05) is 44.4 Å². The van der Waals surface area contributed by atoms with Crippen LogP contribution < -0.4 is 4.90 Å². The second kappa shape index (κ2) is 7.11. The highest BCUT2D eigenvalue weighted by Gasteiger charge is 2.46. The maximum absolute atomic E-state index is 12.6. The van der Waals surface area contributed by atoms with Crippen molar-refractivity contribution >= 4 is 19.7 Å². The Morgan fingerprint density at radius 2 is 1.54 bits per heavy atom. The zero-order valence-corrected chi connectivity index (χ0v) is 15.2. The van der Waals surface area contributed by atoms with Crippen LogP contribution >= 0.6 is 0 Å². The predicted molar refractivity (Wildman–Crippen MR) is 91.5 cm³/mol. The molecule has 0 bridgehead atoms. The molecule has 0 amide bonds. The number of hydrogen-bond acceptors (Lipinski definition) is 5. The minimum Gasteiger partial charge on any atom is -0.370 e. The van der Waals surface area contributed by atoms with Gasteiger partial charge in [0.1, 0.15) is 13.1 Å². The van der Waals surface area contributed by atoms with E-state index in [-0.39, 0.29) is 17.9 Å². The third-order valence-corrected chi connectivity index (χ3v) is 10.4. The zero-order valence-electron chi connectivity index (χ0n) is 13.6. The largest absolute Gasteiger partial charge is 0.370 e. The van der Waals surface area contributed by atoms with Crippen molar-refractivity contribution in [1.82, 2.24) is 0 Å². The highest BCUT2D eigenvalue weighted by Crippen LogP contribution is 2.31. The van der Waals surface area contributed by atoms with E-state index in [0.717, 1.165) is 18.7 Å². The van der Waals surface area contributed by atoms with Crippen LogP contribution in [0.2, 0.25) is 0 Å². The van der Waals surface area contributed by atoms with Crippen LogP contribution in [-0.2, 0) is 24.4 Å². The molecule has 1 aromatic carbocycles. The van der Waals surface area contributed by atoms with Crippen molar-refractivity contribution in [3.8, 4) is 0 Å². The number of quaternary nitrogens is 1. The maximum Gasteiger partial charge on any atom is 0.168 e. The lowest BCUT2D eigenvalue weighted by Crippen LogP contribution is -3.14. The summed E-state index contributed by atoms with van der Waals surface area (Å²) >= 11 is 0. The van der Waals surface area contributed by atoms with E-state index in [1.54, 1.807) is 12.1 Å². The fraction of sp³-hybridized carbons (Fsp3) is 0.625. The summed E-state index contributed by atoms with van der Waals surface area (Å²) in [5.74, 6) is -0.633. The minimum atomic E-state index is -3.66. The highest BCUT2D eigenvalue weighted by molar-refractivity contribution is 8.09. The molecular formula is C16H24NO5S2+. The third-order valence-electron chi connectivity index (χ3n) is 4.87. The van der Waals surface area contributed by atoms with Gasteiger partial charge in [-0.2, -0.15) is 0 Å². The quantitative estimate of drug-likeness (QED) is 0.750. The summed E-state index contributed by atoms with van der Waals surface area (Å²) in [6.07, 6.45) is 0.182. The van der Waals surface area contributed by atoms with E-state index >= 15 is 0 Å². The normalized spacial score (nSPS) is 30.0. The fourth-order valence-electron chi connectivity index (χ4n) is 3.56. The number of ether oxygens (including phenoxy) is 1. The van der Waals surface area contributed by atoms with Crippen LogP contribution in [0.3, 0.4) is 0 Å². The third kappa shape index (κ3) is 3.99. The summed E-state index contributed by atoms with van der Waals surface area (Å²) in [6, 6.07) is 9.05. The van der Waals surface area contributed by atoms with Crippen molar-refractivity contribution in [3.63, 3.8) is 0 Å². The topological polar surface area (TPSA) is 82.0 Å². The van der Waals surface area contributed by atoms with Gasteiger partial charge in [0.25, 0.3) is 0 Å². The van der Waals surface area contributed by atoms with Crippen LogP contribution in [0.25, 0.3) is 0 Å². The van der Waals surface area contributed by atoms with Gasteiger partial charge >= 0.3 is 0 Å². The van der Waals surface area contributed by atoms with Gasteiger partial charge in [-0.3, -0.25) is 0 Å². The number of benzene rings is 1. The van der Waals surface area contributed by atoms with Crippen molar-refractivity contribution < 1.29 is 26.5 Å². The first-order chi connectivity index (χ1) is 11.4. The Kier molecular flexibility index (Phi) is 5.29. The van der Waals surface area contributed by atoms with E-state index < -0.39 is 30.2 Å². The number of rotatable bonds is 4. The Bertz CT molecular complexity index is 719. The van der Waals surface area contributed by atoms with E-state index in [2.05, 4.69) is 0 Å². The molecule has 0 aliphatic carbocycles. The average molecular weight is 375 g/mol. The lowest BCUT2D eigenvalue weighted by atomic mass is 10.0. The van der Waals surface area contributed by atoms with Crippen molar-refractivity contribution in [2.24, 2.45) is 0 Å². The minimum absolute atomic E-state index is 0.0840. The molecule has 6 nitrogen and oxygen atoms in total. The van der Waals surface area contributed by atoms with Gasteiger partial charge < -0.3 is 9.64 Å². The first-order valence-electron chi connectivity index (χ1n) is 8.28. The van der Waals surface area contributed by atoms with E-state index in [1.165, 1.54) is 4.90 Å². The molecule has 1 aromatic rings. The monoisotopic (exact) mass is 374 g/mol.